The van der Waals surface area contributed by atoms with Gasteiger partial charge in [-0.1, -0.05) is 45.4 Å². The molecule has 0 fully saturated rings. The van der Waals surface area contributed by atoms with Crippen molar-refractivity contribution in [3.8, 4) is 0 Å². The third-order valence-electron chi connectivity index (χ3n) is 5.21. The highest BCUT2D eigenvalue weighted by Crippen LogP contribution is 2.42. The summed E-state index contributed by atoms with van der Waals surface area (Å²) in [4.78, 5) is 0. The Kier molecular flexibility index (Phi) is 9.51. The zero-order valence-electron chi connectivity index (χ0n) is 17.6. The van der Waals surface area contributed by atoms with Gasteiger partial charge in [-0.3, -0.25) is 0 Å². The Hall–Kier alpha value is -1.24. The quantitative estimate of drug-likeness (QED) is 0.255. The van der Waals surface area contributed by atoms with Crippen LogP contribution >= 0.6 is 0 Å². The predicted molar refractivity (Wildman–Crippen MR) is 103 cm³/mol. The van der Waals surface area contributed by atoms with Crippen LogP contribution < -0.4 is 0 Å². The highest BCUT2D eigenvalue weighted by Gasteiger charge is 2.39. The fourth-order valence-electron chi connectivity index (χ4n) is 3.70. The minimum atomic E-state index is -4.85. The van der Waals surface area contributed by atoms with Gasteiger partial charge in [0, 0.05) is 12.5 Å². The summed E-state index contributed by atoms with van der Waals surface area (Å²) >= 11 is 0. The van der Waals surface area contributed by atoms with Crippen molar-refractivity contribution in [2.75, 3.05) is 6.61 Å². The van der Waals surface area contributed by atoms with Crippen molar-refractivity contribution in [3.63, 3.8) is 0 Å². The molecular formula is C22H32F6O. The Morgan fingerprint density at radius 1 is 0.759 bits per heavy atom. The SMILES string of the molecule is CCCCCCCCC(c1cc(C(F)(F)F)cc(C(F)(F)F)c1)C(C)(C)OCC. The summed E-state index contributed by atoms with van der Waals surface area (Å²) in [5, 5.41) is 0. The molecule has 1 rings (SSSR count). The van der Waals surface area contributed by atoms with E-state index in [2.05, 4.69) is 6.92 Å². The zero-order valence-corrected chi connectivity index (χ0v) is 17.6. The summed E-state index contributed by atoms with van der Waals surface area (Å²) in [5.41, 5.74) is -3.41. The summed E-state index contributed by atoms with van der Waals surface area (Å²) in [6.07, 6.45) is -3.30. The Morgan fingerprint density at radius 2 is 1.24 bits per heavy atom. The summed E-state index contributed by atoms with van der Waals surface area (Å²) in [5.74, 6) is -0.572. The monoisotopic (exact) mass is 426 g/mol. The lowest BCUT2D eigenvalue weighted by atomic mass is 9.79. The van der Waals surface area contributed by atoms with E-state index in [0.717, 1.165) is 50.7 Å². The Bertz CT molecular complexity index is 586. The molecule has 1 aromatic rings. The van der Waals surface area contributed by atoms with Crippen molar-refractivity contribution in [3.05, 3.63) is 34.9 Å². The normalized spacial score (nSPS) is 14.3. The molecule has 0 aliphatic heterocycles. The van der Waals surface area contributed by atoms with Crippen LogP contribution in [0.5, 0.6) is 0 Å². The van der Waals surface area contributed by atoms with E-state index >= 15 is 0 Å². The number of ether oxygens (including phenoxy) is 1. The maximum Gasteiger partial charge on any atom is 0.416 e. The molecule has 0 N–H and O–H groups in total. The van der Waals surface area contributed by atoms with Crippen LogP contribution in [0.2, 0.25) is 0 Å². The van der Waals surface area contributed by atoms with Crippen LogP contribution in [0.3, 0.4) is 0 Å². The number of hydrogen-bond donors (Lipinski definition) is 0. The minimum Gasteiger partial charge on any atom is -0.375 e. The van der Waals surface area contributed by atoms with Gasteiger partial charge < -0.3 is 4.74 Å². The number of unbranched alkanes of at least 4 members (excludes halogenated alkanes) is 5. The van der Waals surface area contributed by atoms with E-state index in [-0.39, 0.29) is 11.6 Å². The molecule has 0 aliphatic rings. The Balaban J connectivity index is 3.25. The molecule has 0 saturated heterocycles. The van der Waals surface area contributed by atoms with E-state index in [0.29, 0.717) is 13.0 Å². The lowest BCUT2D eigenvalue weighted by Crippen LogP contribution is -2.33. The second-order valence-corrected chi connectivity index (χ2v) is 7.98. The zero-order chi connectivity index (χ0) is 22.3. The molecule has 1 nitrogen and oxygen atoms in total. The highest BCUT2D eigenvalue weighted by molar-refractivity contribution is 5.36. The van der Waals surface area contributed by atoms with Gasteiger partial charge in [0.05, 0.1) is 16.7 Å². The van der Waals surface area contributed by atoms with Crippen LogP contribution in [0.1, 0.15) is 95.2 Å². The van der Waals surface area contributed by atoms with Crippen molar-refractivity contribution in [1.82, 2.24) is 0 Å². The van der Waals surface area contributed by atoms with Crippen molar-refractivity contribution < 1.29 is 31.1 Å². The molecule has 0 amide bonds. The van der Waals surface area contributed by atoms with Crippen LogP contribution in [-0.2, 0) is 17.1 Å². The first-order valence-corrected chi connectivity index (χ1v) is 10.3. The molecule has 0 saturated carbocycles. The molecule has 0 spiro atoms. The molecular weight excluding hydrogens is 394 g/mol. The minimum absolute atomic E-state index is 0.0270. The molecule has 1 unspecified atom stereocenters. The van der Waals surface area contributed by atoms with Gasteiger partial charge in [0.15, 0.2) is 0 Å². The van der Waals surface area contributed by atoms with Gasteiger partial charge in [0.2, 0.25) is 0 Å². The van der Waals surface area contributed by atoms with Crippen molar-refractivity contribution in [2.24, 2.45) is 0 Å². The van der Waals surface area contributed by atoms with Crippen molar-refractivity contribution in [1.29, 1.82) is 0 Å². The smallest absolute Gasteiger partial charge is 0.375 e. The van der Waals surface area contributed by atoms with Crippen LogP contribution in [0, 0.1) is 0 Å². The Morgan fingerprint density at radius 3 is 1.69 bits per heavy atom. The first kappa shape index (κ1) is 25.8. The van der Waals surface area contributed by atoms with Gasteiger partial charge in [0.25, 0.3) is 0 Å². The second-order valence-electron chi connectivity index (χ2n) is 7.98. The summed E-state index contributed by atoms with van der Waals surface area (Å²) in [7, 11) is 0. The summed E-state index contributed by atoms with van der Waals surface area (Å²) in [6.45, 7) is 7.64. The van der Waals surface area contributed by atoms with E-state index in [4.69, 9.17) is 4.74 Å². The summed E-state index contributed by atoms with van der Waals surface area (Å²) < 4.78 is 85.4. The first-order chi connectivity index (χ1) is 13.3. The third kappa shape index (κ3) is 8.19. The average Bonchev–Trinajstić information content (AvgIpc) is 2.59. The number of alkyl halides is 6. The van der Waals surface area contributed by atoms with E-state index in [1.54, 1.807) is 20.8 Å². The van der Waals surface area contributed by atoms with E-state index in [1.807, 2.05) is 0 Å². The first-order valence-electron chi connectivity index (χ1n) is 10.3. The molecule has 0 heterocycles. The van der Waals surface area contributed by atoms with Gasteiger partial charge >= 0.3 is 12.4 Å². The fourth-order valence-corrected chi connectivity index (χ4v) is 3.70. The molecule has 1 aromatic carbocycles. The maximum absolute atomic E-state index is 13.3. The maximum atomic E-state index is 13.3. The number of halogens is 6. The highest BCUT2D eigenvalue weighted by atomic mass is 19.4. The molecule has 168 valence electrons. The number of rotatable bonds is 11. The largest absolute Gasteiger partial charge is 0.416 e. The van der Waals surface area contributed by atoms with Crippen molar-refractivity contribution >= 4 is 0 Å². The average molecular weight is 426 g/mol. The van der Waals surface area contributed by atoms with Crippen LogP contribution in [0.4, 0.5) is 26.3 Å². The molecule has 1 atom stereocenters. The summed E-state index contributed by atoms with van der Waals surface area (Å²) in [6, 6.07) is 1.87. The number of benzene rings is 1. The molecule has 0 aromatic heterocycles. The molecule has 0 aliphatic carbocycles. The van der Waals surface area contributed by atoms with Gasteiger partial charge in [-0.05, 0) is 51.0 Å². The number of hydrogen-bond acceptors (Lipinski definition) is 1. The molecule has 29 heavy (non-hydrogen) atoms. The van der Waals surface area contributed by atoms with E-state index in [1.165, 1.54) is 0 Å². The van der Waals surface area contributed by atoms with Gasteiger partial charge in [-0.25, -0.2) is 0 Å². The lowest BCUT2D eigenvalue weighted by molar-refractivity contribution is -0.143. The Labute approximate surface area is 169 Å². The third-order valence-corrected chi connectivity index (χ3v) is 5.21. The van der Waals surface area contributed by atoms with Gasteiger partial charge in [-0.2, -0.15) is 26.3 Å². The molecule has 0 bridgehead atoms. The molecule has 7 heteroatoms. The topological polar surface area (TPSA) is 9.23 Å². The van der Waals surface area contributed by atoms with E-state index < -0.39 is 35.0 Å². The standard InChI is InChI=1S/C22H32F6O/c1-5-7-8-9-10-11-12-19(20(3,4)29-6-2)16-13-17(21(23,24)25)15-18(14-16)22(26,27)28/h13-15,19H,5-12H2,1-4H3. The second kappa shape index (κ2) is 10.7. The molecule has 0 radical (unpaired) electrons. The van der Waals surface area contributed by atoms with Crippen molar-refractivity contribution in [2.45, 2.75) is 96.5 Å². The van der Waals surface area contributed by atoms with Crippen LogP contribution in [-0.4, -0.2) is 12.2 Å². The lowest BCUT2D eigenvalue weighted by Gasteiger charge is -2.35. The van der Waals surface area contributed by atoms with Crippen LogP contribution in [0.25, 0.3) is 0 Å². The predicted octanol–water partition coefficient (Wildman–Crippen LogP) is 8.37. The van der Waals surface area contributed by atoms with Gasteiger partial charge in [0.1, 0.15) is 0 Å². The fraction of sp³-hybridized carbons (Fsp3) is 0.727. The van der Waals surface area contributed by atoms with Crippen LogP contribution in [0.15, 0.2) is 18.2 Å². The van der Waals surface area contributed by atoms with E-state index in [9.17, 15) is 26.3 Å². The van der Waals surface area contributed by atoms with Gasteiger partial charge in [-0.15, -0.1) is 0 Å².